The van der Waals surface area contributed by atoms with Gasteiger partial charge in [-0.3, -0.25) is 0 Å². The van der Waals surface area contributed by atoms with Gasteiger partial charge >= 0.3 is 0 Å². The van der Waals surface area contributed by atoms with E-state index in [2.05, 4.69) is 76.6 Å². The lowest BCUT2D eigenvalue weighted by molar-refractivity contribution is 0.820. The molecule has 0 unspecified atom stereocenters. The Morgan fingerprint density at radius 1 is 0.676 bits per heavy atom. The van der Waals surface area contributed by atoms with Crippen LogP contribution in [0.1, 0.15) is 104 Å². The lowest BCUT2D eigenvalue weighted by atomic mass is 9.89. The van der Waals surface area contributed by atoms with Gasteiger partial charge in [-0.2, -0.15) is 0 Å². The summed E-state index contributed by atoms with van der Waals surface area (Å²) in [6.07, 6.45) is 6.28. The van der Waals surface area contributed by atoms with E-state index < -0.39 is 0 Å². The Hall–Kier alpha value is -3.40. The number of rotatable bonds is 3. The topological polar surface area (TPSA) is 57.4 Å². The van der Waals surface area contributed by atoms with Crippen LogP contribution in [0.4, 0.5) is 0 Å². The van der Waals surface area contributed by atoms with Gasteiger partial charge in [-0.15, -0.1) is 0 Å². The van der Waals surface area contributed by atoms with Crippen molar-refractivity contribution in [1.29, 1.82) is 0 Å². The van der Waals surface area contributed by atoms with E-state index in [-0.39, 0.29) is 0 Å². The molecule has 190 valence electrons. The molecule has 8 bridgehead atoms. The summed E-state index contributed by atoms with van der Waals surface area (Å²) in [7, 11) is 0. The van der Waals surface area contributed by atoms with Gasteiger partial charge in [0, 0.05) is 27.6 Å². The number of fused-ring (bicyclic) bond motifs is 8. The summed E-state index contributed by atoms with van der Waals surface area (Å²) in [6, 6.07) is 6.82. The fourth-order valence-electron chi connectivity index (χ4n) is 6.75. The van der Waals surface area contributed by atoms with Gasteiger partial charge in [0.2, 0.25) is 0 Å². The number of aryl methyl sites for hydroxylation is 5. The van der Waals surface area contributed by atoms with Crippen LogP contribution >= 0.6 is 0 Å². The molecule has 3 aromatic rings. The van der Waals surface area contributed by atoms with E-state index in [9.17, 15) is 0 Å². The van der Waals surface area contributed by atoms with E-state index >= 15 is 0 Å². The van der Waals surface area contributed by atoms with Crippen molar-refractivity contribution in [2.24, 2.45) is 0 Å². The molecule has 2 N–H and O–H groups in total. The lowest BCUT2D eigenvalue weighted by Gasteiger charge is -2.15. The first-order chi connectivity index (χ1) is 17.9. The first kappa shape index (κ1) is 24.0. The predicted molar refractivity (Wildman–Crippen MR) is 157 cm³/mol. The van der Waals surface area contributed by atoms with Gasteiger partial charge in [0.1, 0.15) is 0 Å². The Morgan fingerprint density at radius 2 is 1.38 bits per heavy atom. The Balaban J connectivity index is 1.84. The fraction of sp³-hybridized carbons (Fsp3) is 0.394. The highest BCUT2D eigenvalue weighted by Crippen LogP contribution is 2.41. The summed E-state index contributed by atoms with van der Waals surface area (Å²) >= 11 is 0. The molecule has 37 heavy (non-hydrogen) atoms. The third-order valence-electron chi connectivity index (χ3n) is 8.96. The lowest BCUT2D eigenvalue weighted by Crippen LogP contribution is -2.02. The predicted octanol–water partition coefficient (Wildman–Crippen LogP) is 8.66. The number of H-pyrrole nitrogens is 2. The monoisotopic (exact) mass is 490 g/mol. The average molecular weight is 491 g/mol. The van der Waals surface area contributed by atoms with Gasteiger partial charge in [0.05, 0.1) is 22.8 Å². The third-order valence-corrected chi connectivity index (χ3v) is 8.96. The second-order valence-electron chi connectivity index (χ2n) is 10.8. The van der Waals surface area contributed by atoms with Crippen molar-refractivity contribution in [3.8, 4) is 0 Å². The van der Waals surface area contributed by atoms with Crippen LogP contribution in [0.25, 0.3) is 44.4 Å². The molecule has 0 spiro atoms. The Morgan fingerprint density at radius 3 is 2.11 bits per heavy atom. The fourth-order valence-corrected chi connectivity index (χ4v) is 6.75. The molecule has 4 nitrogen and oxygen atoms in total. The van der Waals surface area contributed by atoms with E-state index in [0.717, 1.165) is 49.2 Å². The van der Waals surface area contributed by atoms with Crippen molar-refractivity contribution in [2.45, 2.75) is 87.0 Å². The zero-order chi connectivity index (χ0) is 26.0. The van der Waals surface area contributed by atoms with Crippen LogP contribution in [0, 0.1) is 13.8 Å². The number of hydrogen-bond donors (Lipinski definition) is 2. The quantitative estimate of drug-likeness (QED) is 0.386. The van der Waals surface area contributed by atoms with Crippen LogP contribution in [-0.4, -0.2) is 19.9 Å². The van der Waals surface area contributed by atoms with Gasteiger partial charge in [-0.05, 0) is 129 Å². The van der Waals surface area contributed by atoms with Crippen LogP contribution in [0.5, 0.6) is 0 Å². The summed E-state index contributed by atoms with van der Waals surface area (Å²) < 4.78 is 0. The molecule has 6 rings (SSSR count). The maximum atomic E-state index is 5.29. The van der Waals surface area contributed by atoms with Crippen LogP contribution in [-0.2, 0) is 19.3 Å². The highest BCUT2D eigenvalue weighted by atomic mass is 14.8. The SMILES string of the molecule is CCC1=C(C)c2cc3nc4c(c5[nH]c(cc6[nH]c(cc1n2)c(CC)c6C)c(C)c5CC)CCCC4=C3C. The van der Waals surface area contributed by atoms with Gasteiger partial charge in [-0.1, -0.05) is 20.8 Å². The first-order valence-electron chi connectivity index (χ1n) is 14.0. The van der Waals surface area contributed by atoms with Crippen LogP contribution in [0.15, 0.2) is 18.2 Å². The second kappa shape index (κ2) is 8.86. The Bertz CT molecular complexity index is 1690. The van der Waals surface area contributed by atoms with E-state index in [4.69, 9.17) is 9.97 Å². The number of nitrogens with one attached hydrogen (secondary N) is 2. The van der Waals surface area contributed by atoms with E-state index in [1.54, 1.807) is 0 Å². The molecule has 4 heteroatoms. The molecule has 0 amide bonds. The summed E-state index contributed by atoms with van der Waals surface area (Å²) in [5.41, 5.74) is 21.4. The molecular formula is C33H38N4. The molecule has 1 aliphatic carbocycles. The van der Waals surface area contributed by atoms with Crippen molar-refractivity contribution >= 4 is 44.4 Å². The number of hydrogen-bond acceptors (Lipinski definition) is 2. The summed E-state index contributed by atoms with van der Waals surface area (Å²) in [5.74, 6) is 0. The van der Waals surface area contributed by atoms with Gasteiger partial charge in [0.15, 0.2) is 0 Å². The van der Waals surface area contributed by atoms with Crippen LogP contribution < -0.4 is 0 Å². The second-order valence-corrected chi connectivity index (χ2v) is 10.8. The molecule has 0 aromatic carbocycles. The zero-order valence-corrected chi connectivity index (χ0v) is 23.4. The van der Waals surface area contributed by atoms with E-state index in [1.165, 1.54) is 84.3 Å². The minimum Gasteiger partial charge on any atom is -0.355 e. The zero-order valence-electron chi connectivity index (χ0n) is 23.4. The molecule has 2 aliphatic heterocycles. The van der Waals surface area contributed by atoms with Crippen LogP contribution in [0.3, 0.4) is 0 Å². The summed E-state index contributed by atoms with van der Waals surface area (Å²) in [5, 5.41) is 0. The average Bonchev–Trinajstić information content (AvgIpc) is 3.57. The molecule has 0 saturated carbocycles. The van der Waals surface area contributed by atoms with Gasteiger partial charge in [0.25, 0.3) is 0 Å². The highest BCUT2D eigenvalue weighted by molar-refractivity contribution is 5.96. The normalized spacial score (nSPS) is 15.2. The first-order valence-corrected chi connectivity index (χ1v) is 14.0. The maximum absolute atomic E-state index is 5.29. The van der Waals surface area contributed by atoms with E-state index in [0.29, 0.717) is 0 Å². The molecule has 3 aromatic heterocycles. The molecule has 0 atom stereocenters. The largest absolute Gasteiger partial charge is 0.355 e. The smallest absolute Gasteiger partial charge is 0.0725 e. The van der Waals surface area contributed by atoms with Crippen LogP contribution in [0.2, 0.25) is 0 Å². The van der Waals surface area contributed by atoms with Crippen molar-refractivity contribution < 1.29 is 0 Å². The molecule has 0 fully saturated rings. The summed E-state index contributed by atoms with van der Waals surface area (Å²) in [4.78, 5) is 18.1. The Kier molecular flexibility index (Phi) is 5.74. The number of aromatic amines is 2. The van der Waals surface area contributed by atoms with Crippen molar-refractivity contribution in [1.82, 2.24) is 19.9 Å². The minimum absolute atomic E-state index is 0.963. The van der Waals surface area contributed by atoms with E-state index in [1.807, 2.05) is 0 Å². The molecule has 3 aliphatic rings. The van der Waals surface area contributed by atoms with Gasteiger partial charge in [-0.25, -0.2) is 9.97 Å². The number of allylic oxidation sites excluding steroid dienone is 4. The summed E-state index contributed by atoms with van der Waals surface area (Å²) in [6.45, 7) is 15.7. The van der Waals surface area contributed by atoms with Crippen molar-refractivity contribution in [3.05, 3.63) is 68.8 Å². The van der Waals surface area contributed by atoms with Gasteiger partial charge < -0.3 is 9.97 Å². The third kappa shape index (κ3) is 3.56. The molecule has 5 heterocycles. The molecule has 0 radical (unpaired) electrons. The Labute approximate surface area is 220 Å². The number of nitrogens with zero attached hydrogens (tertiary/aromatic N) is 2. The maximum Gasteiger partial charge on any atom is 0.0725 e. The molecule has 0 saturated heterocycles. The standard InChI is InChI=1S/C33H38N4/c1-8-21-17(4)26-14-28-19(6)23(10-3)32(36-28)25-13-11-12-24-20(7)29(37-33(24)25)15-27-18(5)22(9-2)31(35-27)16-30(21)34-26/h14-16,34,36H,8-13H2,1-7H3. The molecular weight excluding hydrogens is 452 g/mol. The minimum atomic E-state index is 0.963. The highest BCUT2D eigenvalue weighted by Gasteiger charge is 2.26. The van der Waals surface area contributed by atoms with Crippen molar-refractivity contribution in [3.63, 3.8) is 0 Å². The number of aromatic nitrogens is 4. The van der Waals surface area contributed by atoms with Crippen molar-refractivity contribution in [2.75, 3.05) is 0 Å².